The van der Waals surface area contributed by atoms with Crippen LogP contribution in [-0.4, -0.2) is 25.6 Å². The molecule has 0 unspecified atom stereocenters. The van der Waals surface area contributed by atoms with Gasteiger partial charge in [-0.2, -0.15) is 17.2 Å². The Morgan fingerprint density at radius 2 is 1.67 bits per heavy atom. The standard InChI is InChI=1S/C39H34N4OS.Pt/c1-5-6-10-28-19-26(2)39(27(3)20-28)29-24-41-42(25-29)30-11-9-12-31(21-30)44-32-15-16-35-34-13-7-8-14-36(34)43(37(35)22-32)38-23-33(45-4)17-18-40-38;/h7-9,11-20,23-25H,5-6,10H2,1-4H3;/q-2;+2. The van der Waals surface area contributed by atoms with E-state index in [-0.39, 0.29) is 21.1 Å². The van der Waals surface area contributed by atoms with Crippen LogP contribution in [0.5, 0.6) is 11.5 Å². The maximum absolute atomic E-state index is 6.37. The first kappa shape index (κ1) is 31.8. The number of hydrogen-bond acceptors (Lipinski definition) is 4. The van der Waals surface area contributed by atoms with Gasteiger partial charge in [0.15, 0.2) is 0 Å². The van der Waals surface area contributed by atoms with E-state index in [2.05, 4.69) is 98.5 Å². The van der Waals surface area contributed by atoms with Crippen LogP contribution in [0, 0.1) is 26.0 Å². The van der Waals surface area contributed by atoms with E-state index in [9.17, 15) is 0 Å². The van der Waals surface area contributed by atoms with Gasteiger partial charge in [0, 0.05) is 39.9 Å². The zero-order chi connectivity index (χ0) is 30.9. The number of benzene rings is 4. The van der Waals surface area contributed by atoms with Crippen LogP contribution in [0.15, 0.2) is 102 Å². The van der Waals surface area contributed by atoms with Gasteiger partial charge < -0.3 is 9.30 Å². The molecule has 46 heavy (non-hydrogen) atoms. The van der Waals surface area contributed by atoms with Crippen LogP contribution in [0.3, 0.4) is 0 Å². The molecule has 4 aromatic carbocycles. The fraction of sp³-hybridized carbons (Fsp3) is 0.179. The Balaban J connectivity index is 0.00000372. The Kier molecular flexibility index (Phi) is 9.49. The van der Waals surface area contributed by atoms with E-state index in [1.165, 1.54) is 35.1 Å². The van der Waals surface area contributed by atoms with Gasteiger partial charge in [-0.15, -0.1) is 47.5 Å². The Morgan fingerprint density at radius 3 is 2.48 bits per heavy atom. The summed E-state index contributed by atoms with van der Waals surface area (Å²) < 4.78 is 10.4. The third-order valence-electron chi connectivity index (χ3n) is 8.24. The minimum atomic E-state index is 0. The average Bonchev–Trinajstić information content (AvgIpc) is 3.67. The molecule has 7 heteroatoms. The topological polar surface area (TPSA) is 44.9 Å². The molecular formula is C39H34N4OPtS. The molecule has 0 aliphatic carbocycles. The van der Waals surface area contributed by atoms with Gasteiger partial charge in [0.25, 0.3) is 0 Å². The number of rotatable bonds is 9. The first-order valence-corrected chi connectivity index (χ1v) is 16.6. The van der Waals surface area contributed by atoms with E-state index in [4.69, 9.17) is 14.8 Å². The maximum Gasteiger partial charge on any atom is 2.00 e. The first-order valence-electron chi connectivity index (χ1n) is 15.3. The van der Waals surface area contributed by atoms with Crippen molar-refractivity contribution in [1.29, 1.82) is 0 Å². The summed E-state index contributed by atoms with van der Waals surface area (Å²) in [6.07, 6.45) is 11.5. The molecule has 0 saturated carbocycles. The Hall–Kier alpha value is -4.12. The van der Waals surface area contributed by atoms with Crippen LogP contribution >= 0.6 is 11.8 Å². The van der Waals surface area contributed by atoms with Crippen molar-refractivity contribution >= 4 is 33.6 Å². The van der Waals surface area contributed by atoms with Crippen molar-refractivity contribution < 1.29 is 25.8 Å². The van der Waals surface area contributed by atoms with Gasteiger partial charge in [-0.25, -0.2) is 4.98 Å². The summed E-state index contributed by atoms with van der Waals surface area (Å²) >= 11 is 1.70. The summed E-state index contributed by atoms with van der Waals surface area (Å²) in [4.78, 5) is 5.87. The maximum atomic E-state index is 6.37. The second-order valence-electron chi connectivity index (χ2n) is 11.4. The van der Waals surface area contributed by atoms with Crippen molar-refractivity contribution in [1.82, 2.24) is 19.3 Å². The average molecular weight is 802 g/mol. The van der Waals surface area contributed by atoms with Gasteiger partial charge in [0.1, 0.15) is 5.82 Å². The van der Waals surface area contributed by atoms with E-state index in [0.717, 1.165) is 50.2 Å². The van der Waals surface area contributed by atoms with Crippen LogP contribution in [0.2, 0.25) is 0 Å². The fourth-order valence-electron chi connectivity index (χ4n) is 6.19. The molecule has 0 radical (unpaired) electrons. The van der Waals surface area contributed by atoms with Gasteiger partial charge in [-0.1, -0.05) is 49.2 Å². The number of ether oxygens (including phenoxy) is 1. The van der Waals surface area contributed by atoms with Crippen LogP contribution in [-0.2, 0) is 27.5 Å². The van der Waals surface area contributed by atoms with E-state index < -0.39 is 0 Å². The molecule has 0 spiro atoms. The number of aromatic nitrogens is 4. The smallest absolute Gasteiger partial charge is 0.509 e. The molecule has 0 N–H and O–H groups in total. The summed E-state index contributed by atoms with van der Waals surface area (Å²) in [6.45, 7) is 6.62. The minimum Gasteiger partial charge on any atom is -0.509 e. The number of hydrogen-bond donors (Lipinski definition) is 0. The molecule has 7 rings (SSSR count). The van der Waals surface area contributed by atoms with Crippen molar-refractivity contribution in [2.75, 3.05) is 6.26 Å². The van der Waals surface area contributed by atoms with Crippen LogP contribution in [0.1, 0.15) is 36.5 Å². The number of nitrogens with zero attached hydrogens (tertiary/aromatic N) is 4. The Labute approximate surface area is 288 Å². The number of pyridine rings is 1. The monoisotopic (exact) mass is 801 g/mol. The number of aryl methyl sites for hydroxylation is 3. The molecule has 0 atom stereocenters. The predicted octanol–water partition coefficient (Wildman–Crippen LogP) is 10.1. The third-order valence-corrected chi connectivity index (χ3v) is 8.97. The van der Waals surface area contributed by atoms with Gasteiger partial charge in [0.2, 0.25) is 0 Å². The molecule has 0 aliphatic heterocycles. The molecule has 0 amide bonds. The second-order valence-corrected chi connectivity index (χ2v) is 12.3. The minimum absolute atomic E-state index is 0. The Morgan fingerprint density at radius 1 is 0.870 bits per heavy atom. The van der Waals surface area contributed by atoms with E-state index in [1.807, 2.05) is 47.4 Å². The zero-order valence-corrected chi connectivity index (χ0v) is 29.4. The third kappa shape index (κ3) is 6.17. The van der Waals surface area contributed by atoms with Crippen LogP contribution < -0.4 is 4.74 Å². The molecule has 3 heterocycles. The summed E-state index contributed by atoms with van der Waals surface area (Å²) in [6, 6.07) is 34.0. The van der Waals surface area contributed by atoms with E-state index >= 15 is 0 Å². The van der Waals surface area contributed by atoms with Gasteiger partial charge >= 0.3 is 21.1 Å². The number of thioether (sulfide) groups is 1. The van der Waals surface area contributed by atoms with Crippen molar-refractivity contribution in [3.05, 3.63) is 126 Å². The molecule has 0 saturated heterocycles. The summed E-state index contributed by atoms with van der Waals surface area (Å²) in [7, 11) is 0. The summed E-state index contributed by atoms with van der Waals surface area (Å²) in [5.41, 5.74) is 9.10. The molecule has 232 valence electrons. The van der Waals surface area contributed by atoms with Crippen molar-refractivity contribution in [3.8, 4) is 34.1 Å². The number of fused-ring (bicyclic) bond motifs is 3. The fourth-order valence-corrected chi connectivity index (χ4v) is 6.61. The summed E-state index contributed by atoms with van der Waals surface area (Å²) in [5.74, 6) is 2.06. The second kappa shape index (κ2) is 13.7. The van der Waals surface area contributed by atoms with Crippen molar-refractivity contribution in [2.24, 2.45) is 0 Å². The molecule has 0 bridgehead atoms. The largest absolute Gasteiger partial charge is 2.00 e. The van der Waals surface area contributed by atoms with Gasteiger partial charge in [-0.3, -0.25) is 4.68 Å². The van der Waals surface area contributed by atoms with Gasteiger partial charge in [-0.05, 0) is 84.5 Å². The van der Waals surface area contributed by atoms with Crippen molar-refractivity contribution in [2.45, 2.75) is 44.9 Å². The van der Waals surface area contributed by atoms with Crippen LogP contribution in [0.25, 0.3) is 44.4 Å². The van der Waals surface area contributed by atoms with Gasteiger partial charge in [0.05, 0.1) is 6.20 Å². The SMILES string of the molecule is CCCCc1cc(C)c(-c2cnn(-c3[c-]c(Oc4[c-]c5c(cc4)c4ccccc4n5-c4cc(SC)ccn4)ccc3)c2)c(C)c1.[Pt+2]. The van der Waals surface area contributed by atoms with Crippen LogP contribution in [0.4, 0.5) is 0 Å². The first-order chi connectivity index (χ1) is 22.0. The quantitative estimate of drug-likeness (QED) is 0.108. The Bertz CT molecular complexity index is 2140. The molecule has 7 aromatic rings. The predicted molar refractivity (Wildman–Crippen MR) is 185 cm³/mol. The van der Waals surface area contributed by atoms with Crippen molar-refractivity contribution in [3.63, 3.8) is 0 Å². The van der Waals surface area contributed by atoms with E-state index in [1.54, 1.807) is 11.8 Å². The molecule has 0 aliphatic rings. The molecular weight excluding hydrogens is 768 g/mol. The molecule has 5 nitrogen and oxygen atoms in total. The summed E-state index contributed by atoms with van der Waals surface area (Å²) in [5, 5.41) is 6.95. The van der Waals surface area contributed by atoms with E-state index in [0.29, 0.717) is 11.5 Å². The molecule has 0 fully saturated rings. The number of para-hydroxylation sites is 1. The number of unbranched alkanes of at least 4 members (excludes halogenated alkanes) is 1. The molecule has 3 aromatic heterocycles. The zero-order valence-electron chi connectivity index (χ0n) is 26.3. The normalized spacial score (nSPS) is 11.2.